The number of piperazine rings is 1. The summed E-state index contributed by atoms with van der Waals surface area (Å²) in [6, 6.07) is 10.8. The molecule has 41 heavy (non-hydrogen) atoms. The van der Waals surface area contributed by atoms with Gasteiger partial charge in [-0.15, -0.1) is 0 Å². The molecule has 2 saturated carbocycles. The normalized spacial score (nSPS) is 22.5. The van der Waals surface area contributed by atoms with E-state index < -0.39 is 0 Å². The Hall–Kier alpha value is -3.56. The van der Waals surface area contributed by atoms with Gasteiger partial charge in [-0.1, -0.05) is 12.1 Å². The maximum atomic E-state index is 14.2. The number of hydrogen-bond acceptors (Lipinski definition) is 6. The molecule has 2 aliphatic carbocycles. The molecule has 9 heteroatoms. The molecule has 6 rings (SSSR count). The summed E-state index contributed by atoms with van der Waals surface area (Å²) in [5, 5.41) is 15.2. The molecule has 3 fully saturated rings. The van der Waals surface area contributed by atoms with Crippen LogP contribution in [0, 0.1) is 6.92 Å². The molecule has 1 aliphatic heterocycles. The molecule has 0 amide bonds. The van der Waals surface area contributed by atoms with Crippen molar-refractivity contribution in [3.63, 3.8) is 0 Å². The molecule has 0 atom stereocenters. The summed E-state index contributed by atoms with van der Waals surface area (Å²) >= 11 is 0. The number of hydrogen-bond donors (Lipinski definition) is 2. The van der Waals surface area contributed by atoms with Gasteiger partial charge in [0.1, 0.15) is 5.82 Å². The molecule has 1 saturated heterocycles. The van der Waals surface area contributed by atoms with Crippen LogP contribution in [-0.2, 0) is 6.54 Å². The van der Waals surface area contributed by atoms with Crippen LogP contribution in [0.15, 0.2) is 57.5 Å². The fraction of sp³-hybridized carbons (Fsp3) is 0.500. The summed E-state index contributed by atoms with van der Waals surface area (Å²) in [6.45, 7) is 10.5. The largest absolute Gasteiger partial charge is 0.393 e. The third-order valence-corrected chi connectivity index (χ3v) is 9.14. The molecule has 0 bridgehead atoms. The molecule has 2 aromatic heterocycles. The van der Waals surface area contributed by atoms with Crippen LogP contribution in [0.2, 0.25) is 0 Å². The predicted molar refractivity (Wildman–Crippen MR) is 166 cm³/mol. The van der Waals surface area contributed by atoms with Crippen LogP contribution in [-0.4, -0.2) is 70.6 Å². The maximum absolute atomic E-state index is 14.2. The molecule has 1 aromatic carbocycles. The van der Waals surface area contributed by atoms with Crippen molar-refractivity contribution < 1.29 is 5.11 Å². The van der Waals surface area contributed by atoms with Crippen LogP contribution in [0.5, 0.6) is 0 Å². The highest BCUT2D eigenvalue weighted by Crippen LogP contribution is 2.35. The van der Waals surface area contributed by atoms with Gasteiger partial charge in [0.15, 0.2) is 0 Å². The van der Waals surface area contributed by atoms with Crippen molar-refractivity contribution in [2.45, 2.75) is 76.6 Å². The van der Waals surface area contributed by atoms with Crippen molar-refractivity contribution in [2.24, 2.45) is 9.98 Å². The number of fused-ring (bicyclic) bond motifs is 1. The number of anilines is 1. The van der Waals surface area contributed by atoms with Gasteiger partial charge in [0, 0.05) is 73.8 Å². The lowest BCUT2D eigenvalue weighted by Crippen LogP contribution is -2.45. The summed E-state index contributed by atoms with van der Waals surface area (Å²) in [6.07, 6.45) is 9.67. The predicted octanol–water partition coefficient (Wildman–Crippen LogP) is 4.33. The van der Waals surface area contributed by atoms with Crippen LogP contribution >= 0.6 is 0 Å². The van der Waals surface area contributed by atoms with Crippen LogP contribution in [0.4, 0.5) is 11.5 Å². The number of aryl methyl sites for hydroxylation is 1. The van der Waals surface area contributed by atoms with E-state index in [4.69, 9.17) is 4.99 Å². The summed E-state index contributed by atoms with van der Waals surface area (Å²) in [5.74, 6) is 1.13. The van der Waals surface area contributed by atoms with Crippen LogP contribution in [0.25, 0.3) is 10.8 Å². The van der Waals surface area contributed by atoms with Gasteiger partial charge in [-0.25, -0.2) is 4.99 Å². The highest BCUT2D eigenvalue weighted by atomic mass is 16.3. The first-order valence-electron chi connectivity index (χ1n) is 15.0. The Morgan fingerprint density at radius 3 is 2.41 bits per heavy atom. The number of benzene rings is 1. The SMILES string of the molecule is C=N/C(=N\c1c(C)c2ccc(CN3CCN(c4ccncc4)CC3)cc2c(=O)n1C1CCC(O)CC1)NC1CCC1. The Morgan fingerprint density at radius 1 is 1.02 bits per heavy atom. The second-order valence-electron chi connectivity index (χ2n) is 11.8. The second-order valence-corrected chi connectivity index (χ2v) is 11.8. The molecule has 3 aliphatic rings. The number of aromatic nitrogens is 2. The average Bonchev–Trinajstić information content (AvgIpc) is 2.98. The van der Waals surface area contributed by atoms with Gasteiger partial charge < -0.3 is 15.3 Å². The average molecular weight is 556 g/mol. The first kappa shape index (κ1) is 27.6. The lowest BCUT2D eigenvalue weighted by molar-refractivity contribution is 0.110. The monoisotopic (exact) mass is 555 g/mol. The topological polar surface area (TPSA) is 98.4 Å². The number of aliphatic hydroxyl groups is 1. The molecule has 2 N–H and O–H groups in total. The highest BCUT2D eigenvalue weighted by Gasteiger charge is 2.27. The lowest BCUT2D eigenvalue weighted by atomic mass is 9.92. The number of rotatable bonds is 6. The second kappa shape index (κ2) is 12.1. The zero-order valence-corrected chi connectivity index (χ0v) is 24.0. The van der Waals surface area contributed by atoms with Crippen molar-refractivity contribution in [2.75, 3.05) is 31.1 Å². The van der Waals surface area contributed by atoms with Gasteiger partial charge in [0.25, 0.3) is 5.56 Å². The van der Waals surface area contributed by atoms with Crippen molar-refractivity contribution >= 4 is 35.0 Å². The van der Waals surface area contributed by atoms with E-state index in [1.165, 1.54) is 12.1 Å². The number of nitrogens with zero attached hydrogens (tertiary/aromatic N) is 6. The molecule has 0 unspecified atom stereocenters. The quantitative estimate of drug-likeness (QED) is 0.347. The number of aliphatic hydroxyl groups excluding tert-OH is 1. The minimum Gasteiger partial charge on any atom is -0.393 e. The minimum atomic E-state index is -0.299. The van der Waals surface area contributed by atoms with E-state index in [1.54, 1.807) is 0 Å². The van der Waals surface area contributed by atoms with E-state index >= 15 is 0 Å². The zero-order chi connectivity index (χ0) is 28.3. The third kappa shape index (κ3) is 5.92. The van der Waals surface area contributed by atoms with E-state index in [9.17, 15) is 9.90 Å². The van der Waals surface area contributed by atoms with Gasteiger partial charge in [0.05, 0.1) is 6.10 Å². The summed E-state index contributed by atoms with van der Waals surface area (Å²) < 4.78 is 1.88. The Labute approximate surface area is 241 Å². The maximum Gasteiger partial charge on any atom is 0.260 e. The van der Waals surface area contributed by atoms with Crippen LogP contribution < -0.4 is 15.8 Å². The van der Waals surface area contributed by atoms with Gasteiger partial charge in [-0.2, -0.15) is 4.99 Å². The molecular weight excluding hydrogens is 514 g/mol. The number of aliphatic imine (C=N–C) groups is 2. The standard InChI is InChI=1S/C32H41N7O2/c1-22-28-11-6-23(21-37-16-18-38(19-17-37)25-12-14-34-15-13-25)20-29(28)31(41)39(26-7-9-27(40)10-8-26)30(22)36-32(33-2)35-24-4-3-5-24/h6,11-15,20,24,26-27,40H,2-5,7-10,16-19,21H2,1H3,(H,35,36). The van der Waals surface area contributed by atoms with Gasteiger partial charge in [0.2, 0.25) is 5.96 Å². The number of nitrogens with one attached hydrogen (secondary N) is 1. The van der Waals surface area contributed by atoms with E-state index in [-0.39, 0.29) is 17.7 Å². The molecule has 9 nitrogen and oxygen atoms in total. The smallest absolute Gasteiger partial charge is 0.260 e. The Morgan fingerprint density at radius 2 is 1.76 bits per heavy atom. The van der Waals surface area contributed by atoms with E-state index in [0.29, 0.717) is 30.7 Å². The summed E-state index contributed by atoms with van der Waals surface area (Å²) in [7, 11) is 0. The number of guanidine groups is 1. The highest BCUT2D eigenvalue weighted by molar-refractivity contribution is 5.91. The number of pyridine rings is 2. The molecule has 0 radical (unpaired) electrons. The third-order valence-electron chi connectivity index (χ3n) is 9.14. The van der Waals surface area contributed by atoms with Crippen molar-refractivity contribution in [1.82, 2.24) is 19.8 Å². The van der Waals surface area contributed by atoms with Crippen LogP contribution in [0.3, 0.4) is 0 Å². The Balaban J connectivity index is 1.30. The molecule has 3 aromatic rings. The molecule has 0 spiro atoms. The van der Waals surface area contributed by atoms with Crippen molar-refractivity contribution in [1.29, 1.82) is 0 Å². The van der Waals surface area contributed by atoms with E-state index in [0.717, 1.165) is 80.3 Å². The molecule has 216 valence electrons. The summed E-state index contributed by atoms with van der Waals surface area (Å²) in [4.78, 5) is 32.3. The summed E-state index contributed by atoms with van der Waals surface area (Å²) in [5.41, 5.74) is 3.32. The zero-order valence-electron chi connectivity index (χ0n) is 24.0. The van der Waals surface area contributed by atoms with Gasteiger partial charge in [-0.3, -0.25) is 19.2 Å². The first-order chi connectivity index (χ1) is 20.0. The van der Waals surface area contributed by atoms with Crippen LogP contribution in [0.1, 0.15) is 62.1 Å². The Bertz CT molecular complexity index is 1460. The molecule has 3 heterocycles. The van der Waals surface area contributed by atoms with Crippen molar-refractivity contribution in [3.05, 3.63) is 64.2 Å². The van der Waals surface area contributed by atoms with E-state index in [1.807, 2.05) is 17.0 Å². The first-order valence-corrected chi connectivity index (χ1v) is 15.0. The molecular formula is C32H41N7O2. The fourth-order valence-electron chi connectivity index (χ4n) is 6.44. The van der Waals surface area contributed by atoms with E-state index in [2.05, 4.69) is 69.1 Å². The Kier molecular flexibility index (Phi) is 8.16. The van der Waals surface area contributed by atoms with Crippen molar-refractivity contribution in [3.8, 4) is 0 Å². The lowest BCUT2D eigenvalue weighted by Gasteiger charge is -2.36. The van der Waals surface area contributed by atoms with Gasteiger partial charge in [-0.05, 0) is 87.7 Å². The van der Waals surface area contributed by atoms with Gasteiger partial charge >= 0.3 is 0 Å². The minimum absolute atomic E-state index is 0.00700. The fourth-order valence-corrected chi connectivity index (χ4v) is 6.44.